The lowest BCUT2D eigenvalue weighted by Crippen LogP contribution is -2.39. The van der Waals surface area contributed by atoms with Crippen LogP contribution in [0.3, 0.4) is 0 Å². The fraction of sp³-hybridized carbons (Fsp3) is 0.583. The number of nitrogens with two attached hydrogens (primary N) is 1. The van der Waals surface area contributed by atoms with Gasteiger partial charge in [-0.1, -0.05) is 0 Å². The van der Waals surface area contributed by atoms with Crippen molar-refractivity contribution in [2.24, 2.45) is 11.7 Å². The SMILES string of the molecule is CNCC1CCCN(c2ccc(C(N)=O)nn2)C1. The molecule has 1 aliphatic rings. The number of anilines is 1. The van der Waals surface area contributed by atoms with E-state index in [4.69, 9.17) is 5.73 Å². The Kier molecular flexibility index (Phi) is 4.09. The molecule has 0 radical (unpaired) electrons. The van der Waals surface area contributed by atoms with E-state index in [9.17, 15) is 4.79 Å². The number of rotatable bonds is 4. The number of carbonyl (C=O) groups is 1. The second kappa shape index (κ2) is 5.77. The largest absolute Gasteiger partial charge is 0.364 e. The highest BCUT2D eigenvalue weighted by molar-refractivity contribution is 5.90. The number of piperidine rings is 1. The van der Waals surface area contributed by atoms with Crippen LogP contribution in [0.1, 0.15) is 23.3 Å². The second-order valence-electron chi connectivity index (χ2n) is 4.65. The molecule has 1 aromatic rings. The van der Waals surface area contributed by atoms with Crippen LogP contribution in [0.2, 0.25) is 0 Å². The van der Waals surface area contributed by atoms with Gasteiger partial charge in [0.1, 0.15) is 0 Å². The minimum atomic E-state index is -0.541. The van der Waals surface area contributed by atoms with Crippen molar-refractivity contribution >= 4 is 11.7 Å². The highest BCUT2D eigenvalue weighted by Crippen LogP contribution is 2.20. The Balaban J connectivity index is 2.04. The summed E-state index contributed by atoms with van der Waals surface area (Å²) in [6.07, 6.45) is 2.40. The van der Waals surface area contributed by atoms with Gasteiger partial charge in [-0.15, -0.1) is 10.2 Å². The Bertz CT molecular complexity index is 403. The predicted molar refractivity (Wildman–Crippen MR) is 69.4 cm³/mol. The third-order valence-electron chi connectivity index (χ3n) is 3.24. The molecule has 0 saturated carbocycles. The van der Waals surface area contributed by atoms with Gasteiger partial charge in [0.05, 0.1) is 0 Å². The number of nitrogens with zero attached hydrogens (tertiary/aromatic N) is 3. The Morgan fingerprint density at radius 3 is 3.00 bits per heavy atom. The molecule has 1 amide bonds. The summed E-state index contributed by atoms with van der Waals surface area (Å²) < 4.78 is 0. The molecule has 1 saturated heterocycles. The van der Waals surface area contributed by atoms with E-state index >= 15 is 0 Å². The van der Waals surface area contributed by atoms with Crippen LogP contribution in [-0.2, 0) is 0 Å². The van der Waals surface area contributed by atoms with Crippen LogP contribution in [0.15, 0.2) is 12.1 Å². The number of amides is 1. The lowest BCUT2D eigenvalue weighted by molar-refractivity contribution is 0.0994. The molecule has 1 aromatic heterocycles. The monoisotopic (exact) mass is 249 g/mol. The first kappa shape index (κ1) is 12.8. The summed E-state index contributed by atoms with van der Waals surface area (Å²) >= 11 is 0. The smallest absolute Gasteiger partial charge is 0.269 e. The Labute approximate surface area is 107 Å². The molecular weight excluding hydrogens is 230 g/mol. The van der Waals surface area contributed by atoms with Crippen LogP contribution in [-0.4, -0.2) is 42.8 Å². The summed E-state index contributed by atoms with van der Waals surface area (Å²) in [6.45, 7) is 2.99. The predicted octanol–water partition coefficient (Wildman–Crippen LogP) is 0.0113. The summed E-state index contributed by atoms with van der Waals surface area (Å²) in [7, 11) is 1.97. The topological polar surface area (TPSA) is 84.1 Å². The van der Waals surface area contributed by atoms with Crippen LogP contribution < -0.4 is 16.0 Å². The maximum Gasteiger partial charge on any atom is 0.269 e. The van der Waals surface area contributed by atoms with E-state index in [-0.39, 0.29) is 5.69 Å². The first-order chi connectivity index (χ1) is 8.70. The molecule has 0 aromatic carbocycles. The third-order valence-corrected chi connectivity index (χ3v) is 3.24. The van der Waals surface area contributed by atoms with Crippen molar-refractivity contribution in [2.75, 3.05) is 31.6 Å². The van der Waals surface area contributed by atoms with Gasteiger partial charge in [0, 0.05) is 13.1 Å². The lowest BCUT2D eigenvalue weighted by atomic mass is 9.98. The highest BCUT2D eigenvalue weighted by Gasteiger charge is 2.20. The molecule has 1 fully saturated rings. The zero-order chi connectivity index (χ0) is 13.0. The lowest BCUT2D eigenvalue weighted by Gasteiger charge is -2.33. The van der Waals surface area contributed by atoms with E-state index in [0.29, 0.717) is 5.92 Å². The number of hydrogen-bond donors (Lipinski definition) is 2. The van der Waals surface area contributed by atoms with Gasteiger partial charge in [0.15, 0.2) is 11.5 Å². The van der Waals surface area contributed by atoms with Gasteiger partial charge < -0.3 is 16.0 Å². The standard InChI is InChI=1S/C12H19N5O/c1-14-7-9-3-2-6-17(8-9)11-5-4-10(12(13)18)15-16-11/h4-5,9,14H,2-3,6-8H2,1H3,(H2,13,18). The molecule has 1 aliphatic heterocycles. The van der Waals surface area contributed by atoms with E-state index in [1.165, 1.54) is 6.42 Å². The molecule has 0 spiro atoms. The van der Waals surface area contributed by atoms with Gasteiger partial charge >= 0.3 is 0 Å². The molecule has 2 heterocycles. The molecule has 18 heavy (non-hydrogen) atoms. The molecule has 1 atom stereocenters. The highest BCUT2D eigenvalue weighted by atomic mass is 16.1. The minimum absolute atomic E-state index is 0.211. The summed E-state index contributed by atoms with van der Waals surface area (Å²) in [5.74, 6) is 0.919. The molecule has 6 nitrogen and oxygen atoms in total. The molecule has 0 aliphatic carbocycles. The van der Waals surface area contributed by atoms with Crippen molar-refractivity contribution in [3.63, 3.8) is 0 Å². The van der Waals surface area contributed by atoms with E-state index in [2.05, 4.69) is 20.4 Å². The van der Waals surface area contributed by atoms with E-state index in [1.54, 1.807) is 6.07 Å². The first-order valence-electron chi connectivity index (χ1n) is 6.24. The van der Waals surface area contributed by atoms with Crippen molar-refractivity contribution in [1.29, 1.82) is 0 Å². The van der Waals surface area contributed by atoms with Gasteiger partial charge in [0.2, 0.25) is 0 Å². The van der Waals surface area contributed by atoms with Crippen molar-refractivity contribution in [3.8, 4) is 0 Å². The Morgan fingerprint density at radius 1 is 1.56 bits per heavy atom. The van der Waals surface area contributed by atoms with Crippen molar-refractivity contribution in [1.82, 2.24) is 15.5 Å². The van der Waals surface area contributed by atoms with Gasteiger partial charge in [-0.25, -0.2) is 0 Å². The molecule has 3 N–H and O–H groups in total. The molecule has 0 bridgehead atoms. The number of hydrogen-bond acceptors (Lipinski definition) is 5. The fourth-order valence-corrected chi connectivity index (χ4v) is 2.35. The second-order valence-corrected chi connectivity index (χ2v) is 4.65. The number of nitrogens with one attached hydrogen (secondary N) is 1. The van der Waals surface area contributed by atoms with Crippen molar-refractivity contribution < 1.29 is 4.79 Å². The molecule has 6 heteroatoms. The van der Waals surface area contributed by atoms with E-state index in [0.717, 1.165) is 31.9 Å². The van der Waals surface area contributed by atoms with Crippen LogP contribution in [0.5, 0.6) is 0 Å². The minimum Gasteiger partial charge on any atom is -0.364 e. The van der Waals surface area contributed by atoms with Crippen LogP contribution in [0.4, 0.5) is 5.82 Å². The zero-order valence-corrected chi connectivity index (χ0v) is 10.6. The average molecular weight is 249 g/mol. The molecule has 1 unspecified atom stereocenters. The summed E-state index contributed by atoms with van der Waals surface area (Å²) in [6, 6.07) is 3.45. The van der Waals surface area contributed by atoms with Crippen molar-refractivity contribution in [3.05, 3.63) is 17.8 Å². The maximum absolute atomic E-state index is 10.9. The number of primary amides is 1. The van der Waals surface area contributed by atoms with Crippen LogP contribution >= 0.6 is 0 Å². The van der Waals surface area contributed by atoms with E-state index < -0.39 is 5.91 Å². The summed E-state index contributed by atoms with van der Waals surface area (Å²) in [5.41, 5.74) is 5.35. The first-order valence-corrected chi connectivity index (χ1v) is 6.24. The fourth-order valence-electron chi connectivity index (χ4n) is 2.35. The maximum atomic E-state index is 10.9. The summed E-state index contributed by atoms with van der Waals surface area (Å²) in [5, 5.41) is 11.1. The van der Waals surface area contributed by atoms with Crippen molar-refractivity contribution in [2.45, 2.75) is 12.8 Å². The molecule has 2 rings (SSSR count). The van der Waals surface area contributed by atoms with Gasteiger partial charge in [0.25, 0.3) is 5.91 Å². The number of aromatic nitrogens is 2. The zero-order valence-electron chi connectivity index (χ0n) is 10.6. The normalized spacial score (nSPS) is 19.8. The van der Waals surface area contributed by atoms with E-state index in [1.807, 2.05) is 13.1 Å². The van der Waals surface area contributed by atoms with Gasteiger partial charge in [-0.3, -0.25) is 4.79 Å². The van der Waals surface area contributed by atoms with Crippen LogP contribution in [0, 0.1) is 5.92 Å². The third kappa shape index (κ3) is 2.95. The van der Waals surface area contributed by atoms with Gasteiger partial charge in [-0.05, 0) is 44.5 Å². The Morgan fingerprint density at radius 2 is 2.39 bits per heavy atom. The Hall–Kier alpha value is -1.69. The average Bonchev–Trinajstić information content (AvgIpc) is 2.39. The molecular formula is C12H19N5O. The van der Waals surface area contributed by atoms with Crippen LogP contribution in [0.25, 0.3) is 0 Å². The number of carbonyl (C=O) groups excluding carboxylic acids is 1. The quantitative estimate of drug-likeness (QED) is 0.785. The molecule has 98 valence electrons. The van der Waals surface area contributed by atoms with Gasteiger partial charge in [-0.2, -0.15) is 0 Å². The summed E-state index contributed by atoms with van der Waals surface area (Å²) in [4.78, 5) is 13.1.